The molecule has 0 spiro atoms. The molecule has 1 aliphatic rings. The van der Waals surface area contributed by atoms with E-state index in [1.165, 1.54) is 0 Å². The van der Waals surface area contributed by atoms with Gasteiger partial charge in [0.15, 0.2) is 5.65 Å². The van der Waals surface area contributed by atoms with E-state index < -0.39 is 0 Å². The summed E-state index contributed by atoms with van der Waals surface area (Å²) in [5.74, 6) is 2.12. The lowest BCUT2D eigenvalue weighted by Gasteiger charge is -2.07. The van der Waals surface area contributed by atoms with Crippen LogP contribution in [-0.2, 0) is 0 Å². The topological polar surface area (TPSA) is 68.2 Å². The van der Waals surface area contributed by atoms with Crippen LogP contribution in [0, 0.1) is 0 Å². The van der Waals surface area contributed by atoms with Crippen LogP contribution in [0.25, 0.3) is 5.65 Å². The molecule has 0 bridgehead atoms. The number of nitrogens with zero attached hydrogens (tertiary/aromatic N) is 3. The van der Waals surface area contributed by atoms with Gasteiger partial charge in [-0.3, -0.25) is 4.40 Å². The molecule has 78 valence electrons. The van der Waals surface area contributed by atoms with Crippen LogP contribution in [0.15, 0.2) is 18.2 Å². The van der Waals surface area contributed by atoms with E-state index in [4.69, 9.17) is 5.73 Å². The maximum Gasteiger partial charge on any atom is 0.162 e. The highest BCUT2D eigenvalue weighted by atomic mass is 15.3. The molecule has 1 fully saturated rings. The van der Waals surface area contributed by atoms with Gasteiger partial charge in [0.05, 0.1) is 0 Å². The number of hydrogen-bond donors (Lipinski definition) is 2. The summed E-state index contributed by atoms with van der Waals surface area (Å²) in [6.45, 7) is 2.02. The zero-order valence-electron chi connectivity index (χ0n) is 8.35. The number of pyridine rings is 1. The summed E-state index contributed by atoms with van der Waals surface area (Å²) in [5, 5.41) is 11.7. The summed E-state index contributed by atoms with van der Waals surface area (Å²) < 4.78 is 1.94. The second kappa shape index (κ2) is 3.20. The molecule has 15 heavy (non-hydrogen) atoms. The van der Waals surface area contributed by atoms with Crippen LogP contribution in [0.4, 0.5) is 5.82 Å². The molecule has 0 amide bonds. The molecule has 0 radical (unpaired) electrons. The molecular weight excluding hydrogens is 190 g/mol. The van der Waals surface area contributed by atoms with Gasteiger partial charge in [-0.15, -0.1) is 10.2 Å². The average Bonchev–Trinajstić information content (AvgIpc) is 2.85. The highest BCUT2D eigenvalue weighted by Crippen LogP contribution is 2.22. The third-order valence-corrected chi connectivity index (χ3v) is 2.91. The molecule has 1 atom stereocenters. The maximum atomic E-state index is 5.93. The second-order valence-electron chi connectivity index (χ2n) is 3.89. The van der Waals surface area contributed by atoms with E-state index in [2.05, 4.69) is 15.5 Å². The first-order chi connectivity index (χ1) is 7.36. The fourth-order valence-corrected chi connectivity index (χ4v) is 2.13. The van der Waals surface area contributed by atoms with Crippen LogP contribution in [0.1, 0.15) is 18.2 Å². The van der Waals surface area contributed by atoms with Crippen molar-refractivity contribution in [2.75, 3.05) is 18.8 Å². The lowest BCUT2D eigenvalue weighted by atomic mass is 10.1. The minimum Gasteiger partial charge on any atom is -0.385 e. The van der Waals surface area contributed by atoms with Crippen LogP contribution in [0.3, 0.4) is 0 Å². The lowest BCUT2D eigenvalue weighted by molar-refractivity contribution is 0.693. The standard InChI is InChI=1S/C10H13N5/c11-8-2-1-3-9-13-14-10(15(8)9)7-4-5-12-6-7/h1-3,7,12H,4-6,11H2. The number of nitrogen functional groups attached to an aromatic ring is 1. The number of hydrogen-bond acceptors (Lipinski definition) is 4. The Labute approximate surface area is 87.3 Å². The minimum atomic E-state index is 0.435. The van der Waals surface area contributed by atoms with Crippen LogP contribution in [0.5, 0.6) is 0 Å². The fraction of sp³-hybridized carbons (Fsp3) is 0.400. The average molecular weight is 203 g/mol. The quantitative estimate of drug-likeness (QED) is 0.703. The van der Waals surface area contributed by atoms with Gasteiger partial charge in [-0.1, -0.05) is 6.07 Å². The van der Waals surface area contributed by atoms with E-state index in [0.717, 1.165) is 31.0 Å². The van der Waals surface area contributed by atoms with Gasteiger partial charge in [0.2, 0.25) is 0 Å². The number of anilines is 1. The Morgan fingerprint density at radius 1 is 1.40 bits per heavy atom. The Hall–Kier alpha value is -1.62. The summed E-state index contributed by atoms with van der Waals surface area (Å²) in [6, 6.07) is 5.70. The zero-order chi connectivity index (χ0) is 10.3. The van der Waals surface area contributed by atoms with Crippen LogP contribution >= 0.6 is 0 Å². The van der Waals surface area contributed by atoms with E-state index >= 15 is 0 Å². The van der Waals surface area contributed by atoms with Gasteiger partial charge in [-0.05, 0) is 25.1 Å². The Morgan fingerprint density at radius 3 is 3.13 bits per heavy atom. The van der Waals surface area contributed by atoms with Crippen LogP contribution in [0.2, 0.25) is 0 Å². The summed E-state index contributed by atoms with van der Waals surface area (Å²) in [5.41, 5.74) is 6.76. The lowest BCUT2D eigenvalue weighted by Crippen LogP contribution is -2.11. The first-order valence-corrected chi connectivity index (χ1v) is 5.16. The van der Waals surface area contributed by atoms with E-state index in [1.54, 1.807) is 0 Å². The molecule has 2 aromatic rings. The number of nitrogens with two attached hydrogens (primary N) is 1. The number of fused-ring (bicyclic) bond motifs is 1. The van der Waals surface area contributed by atoms with Gasteiger partial charge in [-0.25, -0.2) is 0 Å². The minimum absolute atomic E-state index is 0.435. The SMILES string of the molecule is Nc1cccc2nnc(C3CCNC3)n12. The molecule has 3 heterocycles. The molecule has 1 unspecified atom stereocenters. The molecule has 0 aromatic carbocycles. The first-order valence-electron chi connectivity index (χ1n) is 5.16. The molecule has 2 aromatic heterocycles. The van der Waals surface area contributed by atoms with Crippen molar-refractivity contribution in [3.8, 4) is 0 Å². The second-order valence-corrected chi connectivity index (χ2v) is 3.89. The monoisotopic (exact) mass is 203 g/mol. The Morgan fingerprint density at radius 2 is 2.33 bits per heavy atom. The molecule has 0 aliphatic carbocycles. The van der Waals surface area contributed by atoms with Crippen molar-refractivity contribution in [2.45, 2.75) is 12.3 Å². The molecule has 1 aliphatic heterocycles. The van der Waals surface area contributed by atoms with Crippen molar-refractivity contribution >= 4 is 11.5 Å². The maximum absolute atomic E-state index is 5.93. The summed E-state index contributed by atoms with van der Waals surface area (Å²) in [7, 11) is 0. The largest absolute Gasteiger partial charge is 0.385 e. The van der Waals surface area contributed by atoms with Gasteiger partial charge in [0, 0.05) is 12.5 Å². The smallest absolute Gasteiger partial charge is 0.162 e. The highest BCUT2D eigenvalue weighted by molar-refractivity contribution is 5.48. The molecule has 5 heteroatoms. The van der Waals surface area contributed by atoms with Gasteiger partial charge in [-0.2, -0.15) is 0 Å². The van der Waals surface area contributed by atoms with Crippen molar-refractivity contribution < 1.29 is 0 Å². The Bertz CT molecular complexity index is 484. The predicted molar refractivity (Wildman–Crippen MR) is 57.6 cm³/mol. The highest BCUT2D eigenvalue weighted by Gasteiger charge is 2.22. The third kappa shape index (κ3) is 1.27. The number of rotatable bonds is 1. The van der Waals surface area contributed by atoms with E-state index in [1.807, 2.05) is 22.6 Å². The van der Waals surface area contributed by atoms with Crippen molar-refractivity contribution in [3.05, 3.63) is 24.0 Å². The van der Waals surface area contributed by atoms with Crippen molar-refractivity contribution in [3.63, 3.8) is 0 Å². The van der Waals surface area contributed by atoms with E-state index in [9.17, 15) is 0 Å². The van der Waals surface area contributed by atoms with Crippen LogP contribution < -0.4 is 11.1 Å². The Kier molecular flexibility index (Phi) is 1.85. The molecule has 3 rings (SSSR count). The van der Waals surface area contributed by atoms with Gasteiger partial charge in [0.25, 0.3) is 0 Å². The van der Waals surface area contributed by atoms with Gasteiger partial charge >= 0.3 is 0 Å². The molecule has 0 saturated carbocycles. The summed E-state index contributed by atoms with van der Waals surface area (Å²) in [4.78, 5) is 0. The molecule has 5 nitrogen and oxygen atoms in total. The number of aromatic nitrogens is 3. The normalized spacial score (nSPS) is 21.2. The summed E-state index contributed by atoms with van der Waals surface area (Å²) >= 11 is 0. The third-order valence-electron chi connectivity index (χ3n) is 2.91. The van der Waals surface area contributed by atoms with Crippen LogP contribution in [-0.4, -0.2) is 27.7 Å². The van der Waals surface area contributed by atoms with Crippen molar-refractivity contribution in [1.29, 1.82) is 0 Å². The molecular formula is C10H13N5. The predicted octanol–water partition coefficient (Wildman–Crippen LogP) is 0.388. The zero-order valence-corrected chi connectivity index (χ0v) is 8.35. The van der Waals surface area contributed by atoms with Gasteiger partial charge < -0.3 is 11.1 Å². The van der Waals surface area contributed by atoms with Crippen molar-refractivity contribution in [1.82, 2.24) is 19.9 Å². The van der Waals surface area contributed by atoms with Crippen molar-refractivity contribution in [2.24, 2.45) is 0 Å². The van der Waals surface area contributed by atoms with E-state index in [0.29, 0.717) is 11.7 Å². The summed E-state index contributed by atoms with van der Waals surface area (Å²) in [6.07, 6.45) is 1.11. The molecule has 1 saturated heterocycles. The Balaban J connectivity index is 2.18. The van der Waals surface area contributed by atoms with E-state index in [-0.39, 0.29) is 0 Å². The first kappa shape index (κ1) is 8.67. The molecule has 3 N–H and O–H groups in total. The van der Waals surface area contributed by atoms with Gasteiger partial charge in [0.1, 0.15) is 11.6 Å². The number of nitrogens with one attached hydrogen (secondary N) is 1. The fourth-order valence-electron chi connectivity index (χ4n) is 2.13.